The minimum atomic E-state index is -0.249. The average Bonchev–Trinajstić information content (AvgIpc) is 3.09. The van der Waals surface area contributed by atoms with Crippen molar-refractivity contribution in [1.82, 2.24) is 4.90 Å². The lowest BCUT2D eigenvalue weighted by Gasteiger charge is -2.24. The average molecular weight is 307 g/mol. The molecule has 2 aromatic rings. The van der Waals surface area contributed by atoms with Crippen molar-refractivity contribution in [2.45, 2.75) is 11.8 Å². The molecule has 1 saturated heterocycles. The van der Waals surface area contributed by atoms with E-state index in [4.69, 9.17) is 0 Å². The Bertz CT molecular complexity index is 600. The highest BCUT2D eigenvalue weighted by atomic mass is 32.2. The van der Waals surface area contributed by atoms with Crippen molar-refractivity contribution in [2.75, 3.05) is 12.3 Å². The first kappa shape index (κ1) is 13.6. The lowest BCUT2D eigenvalue weighted by molar-refractivity contribution is -0.130. The summed E-state index contributed by atoms with van der Waals surface area (Å²) >= 11 is 3.29. The van der Waals surface area contributed by atoms with Crippen LogP contribution in [0.3, 0.4) is 0 Å². The lowest BCUT2D eigenvalue weighted by Crippen LogP contribution is -2.31. The second kappa shape index (κ2) is 5.97. The Hall–Kier alpha value is -1.33. The van der Waals surface area contributed by atoms with E-state index < -0.39 is 0 Å². The minimum absolute atomic E-state index is 0.0573. The highest BCUT2D eigenvalue weighted by Crippen LogP contribution is 2.38. The summed E-state index contributed by atoms with van der Waals surface area (Å²) < 4.78 is 13.3. The van der Waals surface area contributed by atoms with Gasteiger partial charge in [0.2, 0.25) is 5.91 Å². The second-order valence-electron chi connectivity index (χ2n) is 4.62. The van der Waals surface area contributed by atoms with Crippen LogP contribution in [0.2, 0.25) is 0 Å². The molecule has 0 N–H and O–H groups in total. The van der Waals surface area contributed by atoms with Gasteiger partial charge in [-0.25, -0.2) is 4.39 Å². The van der Waals surface area contributed by atoms with Gasteiger partial charge in [-0.05, 0) is 29.1 Å². The summed E-state index contributed by atoms with van der Waals surface area (Å²) in [5.41, 5.74) is 0.868. The van der Waals surface area contributed by atoms with Gasteiger partial charge < -0.3 is 4.90 Å². The molecule has 20 heavy (non-hydrogen) atoms. The van der Waals surface area contributed by atoms with Crippen LogP contribution in [0.25, 0.3) is 0 Å². The SMILES string of the molecule is O=C(Cc1cccs1)N1CCSC1c1cccc(F)c1. The number of hydrogen-bond acceptors (Lipinski definition) is 3. The molecular formula is C15H14FNOS2. The number of nitrogens with zero attached hydrogens (tertiary/aromatic N) is 1. The van der Waals surface area contributed by atoms with E-state index in [2.05, 4.69) is 0 Å². The van der Waals surface area contributed by atoms with Crippen LogP contribution < -0.4 is 0 Å². The van der Waals surface area contributed by atoms with Gasteiger partial charge in [-0.3, -0.25) is 4.79 Å². The Morgan fingerprint density at radius 2 is 2.25 bits per heavy atom. The number of benzene rings is 1. The summed E-state index contributed by atoms with van der Waals surface area (Å²) in [6.07, 6.45) is 0.435. The molecule has 1 fully saturated rings. The fourth-order valence-electron chi connectivity index (χ4n) is 2.33. The summed E-state index contributed by atoms with van der Waals surface area (Å²) in [5.74, 6) is 0.768. The molecule has 0 saturated carbocycles. The van der Waals surface area contributed by atoms with Gasteiger partial charge >= 0.3 is 0 Å². The molecule has 1 unspecified atom stereocenters. The molecule has 0 bridgehead atoms. The molecule has 1 aromatic carbocycles. The van der Waals surface area contributed by atoms with Crippen molar-refractivity contribution < 1.29 is 9.18 Å². The zero-order valence-electron chi connectivity index (χ0n) is 10.8. The fourth-order valence-corrected chi connectivity index (χ4v) is 4.29. The summed E-state index contributed by atoms with van der Waals surface area (Å²) in [6.45, 7) is 0.732. The third-order valence-corrected chi connectivity index (χ3v) is 5.39. The van der Waals surface area contributed by atoms with Crippen LogP contribution in [0.1, 0.15) is 15.8 Å². The van der Waals surface area contributed by atoms with E-state index in [1.807, 2.05) is 28.5 Å². The van der Waals surface area contributed by atoms with Crippen molar-refractivity contribution in [3.63, 3.8) is 0 Å². The lowest BCUT2D eigenvalue weighted by atomic mass is 10.2. The highest BCUT2D eigenvalue weighted by molar-refractivity contribution is 7.99. The van der Waals surface area contributed by atoms with E-state index >= 15 is 0 Å². The second-order valence-corrected chi connectivity index (χ2v) is 6.84. The Balaban J connectivity index is 1.77. The molecule has 104 valence electrons. The van der Waals surface area contributed by atoms with Crippen molar-refractivity contribution in [1.29, 1.82) is 0 Å². The highest BCUT2D eigenvalue weighted by Gasteiger charge is 2.30. The monoisotopic (exact) mass is 307 g/mol. The van der Waals surface area contributed by atoms with Crippen molar-refractivity contribution in [3.8, 4) is 0 Å². The number of carbonyl (C=O) groups excluding carboxylic acids is 1. The summed E-state index contributed by atoms with van der Waals surface area (Å²) in [7, 11) is 0. The molecule has 1 aliphatic heterocycles. The number of thioether (sulfide) groups is 1. The third-order valence-electron chi connectivity index (χ3n) is 3.25. The maximum absolute atomic E-state index is 13.3. The first-order valence-electron chi connectivity index (χ1n) is 6.43. The third kappa shape index (κ3) is 2.88. The molecule has 2 heterocycles. The van der Waals surface area contributed by atoms with E-state index in [1.54, 1.807) is 29.2 Å². The van der Waals surface area contributed by atoms with Gasteiger partial charge in [0.05, 0.1) is 6.42 Å². The molecule has 1 aliphatic rings. The molecule has 1 aromatic heterocycles. The van der Waals surface area contributed by atoms with Gasteiger partial charge in [0, 0.05) is 17.2 Å². The Morgan fingerprint density at radius 1 is 1.35 bits per heavy atom. The number of rotatable bonds is 3. The Labute approximate surface area is 125 Å². The number of halogens is 1. The molecule has 5 heteroatoms. The smallest absolute Gasteiger partial charge is 0.229 e. The molecule has 0 aliphatic carbocycles. The van der Waals surface area contributed by atoms with Gasteiger partial charge in [-0.2, -0.15) is 0 Å². The van der Waals surface area contributed by atoms with Crippen LogP contribution >= 0.6 is 23.1 Å². The van der Waals surface area contributed by atoms with Crippen LogP contribution in [0.4, 0.5) is 4.39 Å². The van der Waals surface area contributed by atoms with E-state index in [1.165, 1.54) is 12.1 Å². The molecule has 2 nitrogen and oxygen atoms in total. The van der Waals surface area contributed by atoms with Gasteiger partial charge in [0.15, 0.2) is 0 Å². The van der Waals surface area contributed by atoms with Gasteiger partial charge in [0.25, 0.3) is 0 Å². The zero-order valence-corrected chi connectivity index (χ0v) is 12.4. The van der Waals surface area contributed by atoms with Crippen LogP contribution in [-0.2, 0) is 11.2 Å². The summed E-state index contributed by atoms with van der Waals surface area (Å²) in [6, 6.07) is 10.5. The molecule has 0 radical (unpaired) electrons. The van der Waals surface area contributed by atoms with Crippen LogP contribution in [0.15, 0.2) is 41.8 Å². The topological polar surface area (TPSA) is 20.3 Å². The number of thiophene rings is 1. The summed E-state index contributed by atoms with van der Waals surface area (Å²) in [5, 5.41) is 1.92. The molecular weight excluding hydrogens is 293 g/mol. The predicted molar refractivity (Wildman–Crippen MR) is 81.3 cm³/mol. The first-order valence-corrected chi connectivity index (χ1v) is 8.36. The quantitative estimate of drug-likeness (QED) is 0.861. The largest absolute Gasteiger partial charge is 0.325 e. The van der Waals surface area contributed by atoms with Crippen LogP contribution in [0.5, 0.6) is 0 Å². The van der Waals surface area contributed by atoms with E-state index in [0.717, 1.165) is 22.7 Å². The first-order chi connectivity index (χ1) is 9.74. The number of hydrogen-bond donors (Lipinski definition) is 0. The molecule has 0 spiro atoms. The zero-order chi connectivity index (χ0) is 13.9. The number of amides is 1. The molecule has 1 amide bonds. The number of carbonyl (C=O) groups is 1. The van der Waals surface area contributed by atoms with Crippen molar-refractivity contribution in [3.05, 3.63) is 58.0 Å². The van der Waals surface area contributed by atoms with Crippen molar-refractivity contribution >= 4 is 29.0 Å². The van der Waals surface area contributed by atoms with E-state index in [-0.39, 0.29) is 17.1 Å². The van der Waals surface area contributed by atoms with Gasteiger partial charge in [0.1, 0.15) is 11.2 Å². The minimum Gasteiger partial charge on any atom is -0.325 e. The van der Waals surface area contributed by atoms with Crippen molar-refractivity contribution in [2.24, 2.45) is 0 Å². The maximum Gasteiger partial charge on any atom is 0.229 e. The molecule has 1 atom stereocenters. The van der Waals surface area contributed by atoms with Crippen LogP contribution in [0, 0.1) is 5.82 Å². The molecule has 3 rings (SSSR count). The normalized spacial score (nSPS) is 18.4. The summed E-state index contributed by atoms with van der Waals surface area (Å²) in [4.78, 5) is 15.3. The standard InChI is InChI=1S/C15H14FNOS2/c16-12-4-1-3-11(9-12)15-17(6-8-20-15)14(18)10-13-5-2-7-19-13/h1-5,7,9,15H,6,8,10H2. The fraction of sp³-hybridized carbons (Fsp3) is 0.267. The maximum atomic E-state index is 13.3. The van der Waals surface area contributed by atoms with Gasteiger partial charge in [-0.1, -0.05) is 18.2 Å². The Kier molecular flexibility index (Phi) is 4.08. The Morgan fingerprint density at radius 3 is 3.00 bits per heavy atom. The van der Waals surface area contributed by atoms with Crippen LogP contribution in [-0.4, -0.2) is 23.1 Å². The van der Waals surface area contributed by atoms with Gasteiger partial charge in [-0.15, -0.1) is 23.1 Å². The predicted octanol–water partition coefficient (Wildman–Crippen LogP) is 3.70. The van der Waals surface area contributed by atoms with E-state index in [0.29, 0.717) is 6.42 Å². The van der Waals surface area contributed by atoms with E-state index in [9.17, 15) is 9.18 Å².